The van der Waals surface area contributed by atoms with Gasteiger partial charge in [-0.3, -0.25) is 4.79 Å². The fourth-order valence-electron chi connectivity index (χ4n) is 2.69. The van der Waals surface area contributed by atoms with Crippen LogP contribution in [0, 0.1) is 0 Å². The number of anilines is 1. The van der Waals surface area contributed by atoms with Crippen molar-refractivity contribution in [1.82, 2.24) is 9.47 Å². The summed E-state index contributed by atoms with van der Waals surface area (Å²) in [7, 11) is 4.06. The van der Waals surface area contributed by atoms with Crippen LogP contribution in [-0.4, -0.2) is 43.3 Å². The Morgan fingerprint density at radius 2 is 2.04 bits per heavy atom. The van der Waals surface area contributed by atoms with Crippen LogP contribution in [0.4, 0.5) is 5.69 Å². The van der Waals surface area contributed by atoms with Crippen molar-refractivity contribution in [2.45, 2.75) is 32.7 Å². The fraction of sp³-hybridized carbons (Fsp3) is 0.476. The Morgan fingerprint density at radius 1 is 1.22 bits per heavy atom. The predicted molar refractivity (Wildman–Crippen MR) is 113 cm³/mol. The summed E-state index contributed by atoms with van der Waals surface area (Å²) in [5.74, 6) is 0.623. The van der Waals surface area contributed by atoms with E-state index in [9.17, 15) is 4.79 Å². The maximum absolute atomic E-state index is 12.4. The number of nitrogens with one attached hydrogen (secondary N) is 1. The van der Waals surface area contributed by atoms with Crippen LogP contribution in [-0.2, 0) is 6.54 Å². The second-order valence-corrected chi connectivity index (χ2v) is 7.27. The Kier molecular flexibility index (Phi) is 8.69. The van der Waals surface area contributed by atoms with Crippen molar-refractivity contribution in [2.24, 2.45) is 0 Å². The van der Waals surface area contributed by atoms with E-state index in [2.05, 4.69) is 17.1 Å². The van der Waals surface area contributed by atoms with Crippen molar-refractivity contribution in [3.8, 4) is 5.75 Å². The molecule has 0 spiro atoms. The molecule has 5 nitrogen and oxygen atoms in total. The predicted octanol–water partition coefficient (Wildman–Crippen LogP) is 4.09. The number of pyridine rings is 1. The number of likely N-dealkylation sites (N-methyl/N-ethyl adjacent to an activating group) is 1. The summed E-state index contributed by atoms with van der Waals surface area (Å²) < 4.78 is 7.29. The van der Waals surface area contributed by atoms with Gasteiger partial charge in [-0.15, -0.1) is 0 Å². The van der Waals surface area contributed by atoms with Crippen LogP contribution in [0.3, 0.4) is 0 Å². The van der Waals surface area contributed by atoms with Gasteiger partial charge in [0.15, 0.2) is 0 Å². The van der Waals surface area contributed by atoms with Crippen molar-refractivity contribution >= 4 is 17.3 Å². The zero-order valence-corrected chi connectivity index (χ0v) is 17.3. The molecule has 6 heteroatoms. The second kappa shape index (κ2) is 11.0. The SMILES string of the molecule is CCCCCOc1ccn(Cc2cccc(NCCN(C)C)c2Cl)c(=O)c1. The van der Waals surface area contributed by atoms with Crippen molar-refractivity contribution in [2.75, 3.05) is 39.1 Å². The zero-order chi connectivity index (χ0) is 19.6. The molecule has 1 aromatic heterocycles. The maximum Gasteiger partial charge on any atom is 0.254 e. The Bertz CT molecular complexity index is 774. The Hall–Kier alpha value is -1.98. The summed E-state index contributed by atoms with van der Waals surface area (Å²) in [5, 5.41) is 4.00. The van der Waals surface area contributed by atoms with Gasteiger partial charge in [0.05, 0.1) is 23.9 Å². The van der Waals surface area contributed by atoms with E-state index in [1.54, 1.807) is 16.8 Å². The first kappa shape index (κ1) is 21.3. The summed E-state index contributed by atoms with van der Waals surface area (Å²) in [6.45, 7) is 4.94. The van der Waals surface area contributed by atoms with Gasteiger partial charge < -0.3 is 19.5 Å². The first-order valence-electron chi connectivity index (χ1n) is 9.50. The molecule has 0 aliphatic rings. The van der Waals surface area contributed by atoms with Crippen molar-refractivity contribution in [1.29, 1.82) is 0 Å². The number of nitrogens with zero attached hydrogens (tertiary/aromatic N) is 2. The number of halogens is 1. The summed E-state index contributed by atoms with van der Waals surface area (Å²) in [4.78, 5) is 14.5. The molecule has 0 radical (unpaired) electrons. The van der Waals surface area contributed by atoms with E-state index in [-0.39, 0.29) is 5.56 Å². The van der Waals surface area contributed by atoms with Crippen molar-refractivity contribution in [3.05, 3.63) is 57.5 Å². The molecule has 0 saturated carbocycles. The Morgan fingerprint density at radius 3 is 2.74 bits per heavy atom. The van der Waals surface area contributed by atoms with Crippen LogP contribution in [0.2, 0.25) is 5.02 Å². The molecule has 1 aromatic carbocycles. The van der Waals surface area contributed by atoms with Gasteiger partial charge in [-0.2, -0.15) is 0 Å². The third kappa shape index (κ3) is 6.92. The van der Waals surface area contributed by atoms with Crippen LogP contribution in [0.25, 0.3) is 0 Å². The average molecular weight is 392 g/mol. The highest BCUT2D eigenvalue weighted by Gasteiger charge is 2.08. The van der Waals surface area contributed by atoms with E-state index >= 15 is 0 Å². The minimum Gasteiger partial charge on any atom is -0.493 e. The topological polar surface area (TPSA) is 46.5 Å². The third-order valence-corrected chi connectivity index (χ3v) is 4.72. The number of benzene rings is 1. The van der Waals surface area contributed by atoms with Crippen LogP contribution >= 0.6 is 11.6 Å². The minimum atomic E-state index is -0.0926. The van der Waals surface area contributed by atoms with Crippen molar-refractivity contribution in [3.63, 3.8) is 0 Å². The van der Waals surface area contributed by atoms with Gasteiger partial charge in [-0.1, -0.05) is 43.5 Å². The highest BCUT2D eigenvalue weighted by Crippen LogP contribution is 2.26. The standard InChI is InChI=1S/C21H30ClN3O2/c1-4-5-6-14-27-18-10-12-25(20(26)15-18)16-17-8-7-9-19(21(17)22)23-11-13-24(2)3/h7-10,12,15,23H,4-6,11,13-14,16H2,1-3H3. The molecule has 0 atom stereocenters. The monoisotopic (exact) mass is 391 g/mol. The highest BCUT2D eigenvalue weighted by molar-refractivity contribution is 6.34. The van der Waals surface area contributed by atoms with Gasteiger partial charge in [-0.25, -0.2) is 0 Å². The van der Waals surface area contributed by atoms with Crippen LogP contribution in [0.15, 0.2) is 41.3 Å². The van der Waals surface area contributed by atoms with Gasteiger partial charge in [0.1, 0.15) is 5.75 Å². The van der Waals surface area contributed by atoms with Gasteiger partial charge in [-0.05, 0) is 38.2 Å². The maximum atomic E-state index is 12.4. The molecule has 2 aromatic rings. The highest BCUT2D eigenvalue weighted by atomic mass is 35.5. The van der Waals surface area contributed by atoms with E-state index in [0.29, 0.717) is 23.9 Å². The molecular weight excluding hydrogens is 362 g/mol. The summed E-state index contributed by atoms with van der Waals surface area (Å²) in [6, 6.07) is 9.23. The number of rotatable bonds is 11. The molecule has 2 rings (SSSR count). The quantitative estimate of drug-likeness (QED) is 0.586. The largest absolute Gasteiger partial charge is 0.493 e. The molecule has 0 fully saturated rings. The van der Waals surface area contributed by atoms with E-state index in [1.165, 1.54) is 0 Å². The normalized spacial score (nSPS) is 11.0. The molecular formula is C21H30ClN3O2. The van der Waals surface area contributed by atoms with Crippen LogP contribution < -0.4 is 15.6 Å². The molecule has 0 amide bonds. The number of hydrogen-bond donors (Lipinski definition) is 1. The van der Waals surface area contributed by atoms with Crippen LogP contribution in [0.5, 0.6) is 5.75 Å². The molecule has 0 aliphatic carbocycles. The second-order valence-electron chi connectivity index (χ2n) is 6.89. The first-order chi connectivity index (χ1) is 13.0. The summed E-state index contributed by atoms with van der Waals surface area (Å²) in [5.41, 5.74) is 1.70. The summed E-state index contributed by atoms with van der Waals surface area (Å²) >= 11 is 6.54. The minimum absolute atomic E-state index is 0.0926. The number of unbranched alkanes of at least 4 members (excludes halogenated alkanes) is 2. The van der Waals surface area contributed by atoms with E-state index in [4.69, 9.17) is 16.3 Å². The molecule has 148 valence electrons. The molecule has 1 N–H and O–H groups in total. The molecule has 0 bridgehead atoms. The number of hydrogen-bond acceptors (Lipinski definition) is 4. The molecule has 27 heavy (non-hydrogen) atoms. The first-order valence-corrected chi connectivity index (χ1v) is 9.88. The van der Waals surface area contributed by atoms with Gasteiger partial charge >= 0.3 is 0 Å². The lowest BCUT2D eigenvalue weighted by Crippen LogP contribution is -2.21. The van der Waals surface area contributed by atoms with E-state index in [0.717, 1.165) is 43.6 Å². The van der Waals surface area contributed by atoms with Gasteiger partial charge in [0.2, 0.25) is 0 Å². The lowest BCUT2D eigenvalue weighted by atomic mass is 10.2. The average Bonchev–Trinajstić information content (AvgIpc) is 2.63. The zero-order valence-electron chi connectivity index (χ0n) is 16.5. The number of ether oxygens (including phenoxy) is 1. The van der Waals surface area contributed by atoms with Crippen LogP contribution in [0.1, 0.15) is 31.7 Å². The third-order valence-electron chi connectivity index (χ3n) is 4.28. The lowest BCUT2D eigenvalue weighted by Gasteiger charge is -2.15. The van der Waals surface area contributed by atoms with E-state index < -0.39 is 0 Å². The molecule has 1 heterocycles. The Balaban J connectivity index is 2.03. The molecule has 0 unspecified atom stereocenters. The fourth-order valence-corrected chi connectivity index (χ4v) is 2.94. The van der Waals surface area contributed by atoms with E-state index in [1.807, 2.05) is 38.4 Å². The smallest absolute Gasteiger partial charge is 0.254 e. The van der Waals surface area contributed by atoms with Gasteiger partial charge in [0, 0.05) is 25.4 Å². The van der Waals surface area contributed by atoms with Gasteiger partial charge in [0.25, 0.3) is 5.56 Å². The Labute approximate surface area is 166 Å². The summed E-state index contributed by atoms with van der Waals surface area (Å²) in [6.07, 6.45) is 5.05. The number of aromatic nitrogens is 1. The van der Waals surface area contributed by atoms with Crippen molar-refractivity contribution < 1.29 is 4.74 Å². The molecule has 0 aliphatic heterocycles. The molecule has 0 saturated heterocycles. The lowest BCUT2D eigenvalue weighted by molar-refractivity contribution is 0.305.